The number of hydrogen-bond donors (Lipinski definition) is 1. The van der Waals surface area contributed by atoms with Crippen molar-refractivity contribution in [2.45, 2.75) is 18.9 Å². The Morgan fingerprint density at radius 3 is 2.60 bits per heavy atom. The molecule has 0 spiro atoms. The van der Waals surface area contributed by atoms with E-state index in [9.17, 15) is 9.90 Å². The second kappa shape index (κ2) is 5.17. The Morgan fingerprint density at radius 1 is 1.20 bits per heavy atom. The number of carbonyl (C=O) groups is 1. The molecule has 0 bridgehead atoms. The summed E-state index contributed by atoms with van der Waals surface area (Å²) >= 11 is 6.21. The quantitative estimate of drug-likeness (QED) is 0.915. The summed E-state index contributed by atoms with van der Waals surface area (Å²) in [5.74, 6) is -0.291. The van der Waals surface area contributed by atoms with Gasteiger partial charge in [0.2, 0.25) is 0 Å². The molecule has 3 nitrogen and oxygen atoms in total. The van der Waals surface area contributed by atoms with E-state index < -0.39 is 5.97 Å². The average molecular weight is 289 g/mol. The Kier molecular flexibility index (Phi) is 3.36. The standard InChI is InChI=1S/C16H13ClO3/c17-14-9-10(5-8-15(14)20-11-6-7-11)12-3-1-2-4-13(12)16(18)19/h1-5,8-9,11H,6-7H2,(H,18,19). The third-order valence-corrected chi connectivity index (χ3v) is 3.51. The van der Waals surface area contributed by atoms with Gasteiger partial charge < -0.3 is 9.84 Å². The highest BCUT2D eigenvalue weighted by Crippen LogP contribution is 2.35. The Balaban J connectivity index is 1.98. The van der Waals surface area contributed by atoms with Gasteiger partial charge >= 0.3 is 5.97 Å². The molecule has 102 valence electrons. The van der Waals surface area contributed by atoms with Crippen LogP contribution in [0.3, 0.4) is 0 Å². The van der Waals surface area contributed by atoms with Crippen LogP contribution < -0.4 is 4.74 Å². The van der Waals surface area contributed by atoms with Gasteiger partial charge in [-0.3, -0.25) is 0 Å². The molecule has 20 heavy (non-hydrogen) atoms. The molecule has 1 aliphatic carbocycles. The number of aromatic carboxylic acids is 1. The van der Waals surface area contributed by atoms with E-state index in [1.807, 2.05) is 12.1 Å². The third-order valence-electron chi connectivity index (χ3n) is 3.22. The van der Waals surface area contributed by atoms with Gasteiger partial charge in [-0.25, -0.2) is 4.79 Å². The fourth-order valence-electron chi connectivity index (χ4n) is 2.05. The summed E-state index contributed by atoms with van der Waals surface area (Å²) in [5.41, 5.74) is 1.69. The van der Waals surface area contributed by atoms with Crippen molar-refractivity contribution < 1.29 is 14.6 Å². The van der Waals surface area contributed by atoms with Gasteiger partial charge in [-0.05, 0) is 42.2 Å². The van der Waals surface area contributed by atoms with Gasteiger partial charge in [-0.2, -0.15) is 0 Å². The molecule has 3 rings (SSSR count). The fraction of sp³-hybridized carbons (Fsp3) is 0.188. The first-order chi connectivity index (χ1) is 9.65. The Hall–Kier alpha value is -2.00. The van der Waals surface area contributed by atoms with E-state index in [1.165, 1.54) is 0 Å². The predicted octanol–water partition coefficient (Wildman–Crippen LogP) is 4.25. The molecule has 1 saturated carbocycles. The maximum atomic E-state index is 11.2. The summed E-state index contributed by atoms with van der Waals surface area (Å²) in [6.45, 7) is 0. The van der Waals surface area contributed by atoms with Crippen molar-refractivity contribution in [2.75, 3.05) is 0 Å². The van der Waals surface area contributed by atoms with E-state index in [0.29, 0.717) is 16.3 Å². The van der Waals surface area contributed by atoms with Crippen LogP contribution in [0.1, 0.15) is 23.2 Å². The minimum absolute atomic E-state index is 0.263. The number of ether oxygens (including phenoxy) is 1. The van der Waals surface area contributed by atoms with Crippen LogP contribution in [0.15, 0.2) is 42.5 Å². The smallest absolute Gasteiger partial charge is 0.336 e. The number of hydrogen-bond acceptors (Lipinski definition) is 2. The molecule has 0 saturated heterocycles. The van der Waals surface area contributed by atoms with Crippen LogP contribution in [0, 0.1) is 0 Å². The second-order valence-electron chi connectivity index (χ2n) is 4.81. The van der Waals surface area contributed by atoms with Crippen LogP contribution in [0.2, 0.25) is 5.02 Å². The van der Waals surface area contributed by atoms with Crippen molar-refractivity contribution in [1.29, 1.82) is 0 Å². The zero-order valence-corrected chi connectivity index (χ0v) is 11.4. The van der Waals surface area contributed by atoms with Gasteiger partial charge in [0.05, 0.1) is 16.7 Å². The lowest BCUT2D eigenvalue weighted by Gasteiger charge is -2.10. The van der Waals surface area contributed by atoms with E-state index in [4.69, 9.17) is 16.3 Å². The minimum Gasteiger partial charge on any atom is -0.489 e. The summed E-state index contributed by atoms with van der Waals surface area (Å²) < 4.78 is 5.68. The number of carboxylic acids is 1. The first-order valence-electron chi connectivity index (χ1n) is 6.44. The summed E-state index contributed by atoms with van der Waals surface area (Å²) in [6.07, 6.45) is 2.42. The predicted molar refractivity (Wildman–Crippen MR) is 77.5 cm³/mol. The minimum atomic E-state index is -0.949. The molecular weight excluding hydrogens is 276 g/mol. The molecule has 0 aromatic heterocycles. The number of carboxylic acid groups (broad SMARTS) is 1. The highest BCUT2D eigenvalue weighted by Gasteiger charge is 2.24. The molecule has 1 fully saturated rings. The van der Waals surface area contributed by atoms with Crippen molar-refractivity contribution in [2.24, 2.45) is 0 Å². The molecule has 0 radical (unpaired) electrons. The zero-order valence-electron chi connectivity index (χ0n) is 10.7. The van der Waals surface area contributed by atoms with Crippen LogP contribution in [0.25, 0.3) is 11.1 Å². The topological polar surface area (TPSA) is 46.5 Å². The van der Waals surface area contributed by atoms with Crippen molar-refractivity contribution in [3.63, 3.8) is 0 Å². The molecule has 0 atom stereocenters. The second-order valence-corrected chi connectivity index (χ2v) is 5.22. The van der Waals surface area contributed by atoms with Crippen LogP contribution in [-0.4, -0.2) is 17.2 Å². The molecule has 0 unspecified atom stereocenters. The third kappa shape index (κ3) is 2.63. The fourth-order valence-corrected chi connectivity index (χ4v) is 2.28. The summed E-state index contributed by atoms with van der Waals surface area (Å²) in [6, 6.07) is 12.3. The lowest BCUT2D eigenvalue weighted by atomic mass is 10.00. The number of rotatable bonds is 4. The Labute approximate surface area is 121 Å². The van der Waals surface area contributed by atoms with Gasteiger partial charge in [-0.15, -0.1) is 0 Å². The van der Waals surface area contributed by atoms with Crippen molar-refractivity contribution in [3.8, 4) is 16.9 Å². The Bertz CT molecular complexity index is 663. The molecule has 1 N–H and O–H groups in total. The zero-order chi connectivity index (χ0) is 14.1. The monoisotopic (exact) mass is 288 g/mol. The highest BCUT2D eigenvalue weighted by molar-refractivity contribution is 6.32. The maximum absolute atomic E-state index is 11.2. The lowest BCUT2D eigenvalue weighted by molar-refractivity contribution is 0.0697. The molecule has 0 aliphatic heterocycles. The van der Waals surface area contributed by atoms with Gasteiger partial charge in [0.15, 0.2) is 0 Å². The molecule has 2 aromatic carbocycles. The van der Waals surface area contributed by atoms with Crippen LogP contribution in [-0.2, 0) is 0 Å². The van der Waals surface area contributed by atoms with Crippen LogP contribution in [0.5, 0.6) is 5.75 Å². The van der Waals surface area contributed by atoms with Gasteiger partial charge in [-0.1, -0.05) is 35.9 Å². The van der Waals surface area contributed by atoms with E-state index >= 15 is 0 Å². The van der Waals surface area contributed by atoms with E-state index in [1.54, 1.807) is 30.3 Å². The van der Waals surface area contributed by atoms with Gasteiger partial charge in [0, 0.05) is 0 Å². The molecule has 1 aliphatic rings. The van der Waals surface area contributed by atoms with Gasteiger partial charge in [0.1, 0.15) is 5.75 Å². The molecule has 0 amide bonds. The lowest BCUT2D eigenvalue weighted by Crippen LogP contribution is -2.00. The van der Waals surface area contributed by atoms with Crippen molar-refractivity contribution in [3.05, 3.63) is 53.1 Å². The highest BCUT2D eigenvalue weighted by atomic mass is 35.5. The number of benzene rings is 2. The SMILES string of the molecule is O=C(O)c1ccccc1-c1ccc(OC2CC2)c(Cl)c1. The normalized spacial score (nSPS) is 14.1. The average Bonchev–Trinajstić information content (AvgIpc) is 3.25. The van der Waals surface area contributed by atoms with Crippen LogP contribution in [0.4, 0.5) is 0 Å². The van der Waals surface area contributed by atoms with E-state index in [-0.39, 0.29) is 11.7 Å². The largest absolute Gasteiger partial charge is 0.489 e. The van der Waals surface area contributed by atoms with E-state index in [2.05, 4.69) is 0 Å². The summed E-state index contributed by atoms with van der Waals surface area (Å²) in [5, 5.41) is 9.73. The molecule has 4 heteroatoms. The first-order valence-corrected chi connectivity index (χ1v) is 6.82. The van der Waals surface area contributed by atoms with Gasteiger partial charge in [0.25, 0.3) is 0 Å². The van der Waals surface area contributed by atoms with Crippen molar-refractivity contribution >= 4 is 17.6 Å². The van der Waals surface area contributed by atoms with Crippen LogP contribution >= 0.6 is 11.6 Å². The first kappa shape index (κ1) is 13.0. The summed E-state index contributed by atoms with van der Waals surface area (Å²) in [4.78, 5) is 11.2. The Morgan fingerprint density at radius 2 is 1.95 bits per heavy atom. The van der Waals surface area contributed by atoms with E-state index in [0.717, 1.165) is 18.4 Å². The molecule has 2 aromatic rings. The maximum Gasteiger partial charge on any atom is 0.336 e. The molecular formula is C16H13ClO3. The van der Waals surface area contributed by atoms with Crippen molar-refractivity contribution in [1.82, 2.24) is 0 Å². The molecule has 0 heterocycles. The summed E-state index contributed by atoms with van der Waals surface area (Å²) in [7, 11) is 0. The number of halogens is 1.